The number of benzene rings is 1. The van der Waals surface area contributed by atoms with Crippen molar-refractivity contribution in [2.45, 2.75) is 19.9 Å². The van der Waals surface area contributed by atoms with E-state index in [2.05, 4.69) is 31.8 Å². The third-order valence-electron chi connectivity index (χ3n) is 3.36. The van der Waals surface area contributed by atoms with Gasteiger partial charge in [-0.3, -0.25) is 0 Å². The van der Waals surface area contributed by atoms with Crippen molar-refractivity contribution in [3.05, 3.63) is 42.1 Å². The fraction of sp³-hybridized carbons (Fsp3) is 0.286. The molecule has 3 aromatic rings. The van der Waals surface area contributed by atoms with Crippen molar-refractivity contribution in [2.24, 2.45) is 7.05 Å². The molecule has 0 fully saturated rings. The summed E-state index contributed by atoms with van der Waals surface area (Å²) in [7, 11) is 1.92. The van der Waals surface area contributed by atoms with Crippen LogP contribution in [-0.4, -0.2) is 25.0 Å². The Balaban J connectivity index is 1.99. The van der Waals surface area contributed by atoms with Crippen LogP contribution in [0, 0.1) is 6.92 Å². The molecule has 20 heavy (non-hydrogen) atoms. The molecule has 6 nitrogen and oxygen atoms in total. The molecule has 2 aromatic heterocycles. The molecule has 0 aliphatic carbocycles. The fourth-order valence-corrected chi connectivity index (χ4v) is 2.30. The third kappa shape index (κ3) is 2.09. The lowest BCUT2D eigenvalue weighted by atomic mass is 10.1. The largest absolute Gasteiger partial charge is 0.358 e. The Morgan fingerprint density at radius 2 is 1.85 bits per heavy atom. The summed E-state index contributed by atoms with van der Waals surface area (Å²) < 4.78 is 1.89. The first-order valence-corrected chi connectivity index (χ1v) is 6.49. The van der Waals surface area contributed by atoms with Gasteiger partial charge in [0.25, 0.3) is 0 Å². The molecular formula is C14H16N6. The first-order chi connectivity index (χ1) is 9.66. The van der Waals surface area contributed by atoms with E-state index in [1.807, 2.05) is 43.7 Å². The van der Waals surface area contributed by atoms with E-state index in [0.717, 1.165) is 28.1 Å². The number of aromatic nitrogens is 5. The van der Waals surface area contributed by atoms with Crippen molar-refractivity contribution >= 4 is 16.6 Å². The zero-order valence-electron chi connectivity index (χ0n) is 11.7. The van der Waals surface area contributed by atoms with E-state index >= 15 is 0 Å². The van der Waals surface area contributed by atoms with Crippen LogP contribution in [0.3, 0.4) is 0 Å². The van der Waals surface area contributed by atoms with E-state index in [1.165, 1.54) is 0 Å². The van der Waals surface area contributed by atoms with Gasteiger partial charge < -0.3 is 9.88 Å². The van der Waals surface area contributed by atoms with Crippen LogP contribution in [-0.2, 0) is 7.05 Å². The summed E-state index contributed by atoms with van der Waals surface area (Å²) in [6.45, 7) is 3.99. The molecule has 2 heterocycles. The molecule has 0 radical (unpaired) electrons. The second kappa shape index (κ2) is 4.88. The lowest BCUT2D eigenvalue weighted by Gasteiger charge is -2.15. The van der Waals surface area contributed by atoms with Crippen LogP contribution in [0.5, 0.6) is 0 Å². The van der Waals surface area contributed by atoms with Crippen LogP contribution in [0.2, 0.25) is 0 Å². The Morgan fingerprint density at radius 3 is 2.55 bits per heavy atom. The van der Waals surface area contributed by atoms with E-state index in [1.54, 1.807) is 6.33 Å². The molecule has 6 heteroatoms. The van der Waals surface area contributed by atoms with Crippen LogP contribution in [0.4, 0.5) is 5.82 Å². The fourth-order valence-electron chi connectivity index (χ4n) is 2.30. The van der Waals surface area contributed by atoms with Crippen molar-refractivity contribution in [3.8, 4) is 0 Å². The third-order valence-corrected chi connectivity index (χ3v) is 3.36. The number of anilines is 1. The smallest absolute Gasteiger partial charge is 0.157 e. The van der Waals surface area contributed by atoms with E-state index in [0.29, 0.717) is 0 Å². The summed E-state index contributed by atoms with van der Waals surface area (Å²) in [6.07, 6.45) is 1.69. The molecule has 1 N–H and O–H groups in total. The van der Waals surface area contributed by atoms with Gasteiger partial charge in [-0.2, -0.15) is 5.10 Å². The summed E-state index contributed by atoms with van der Waals surface area (Å²) in [5.74, 6) is 1.62. The monoisotopic (exact) mass is 268 g/mol. The second-order valence-electron chi connectivity index (χ2n) is 4.85. The molecule has 102 valence electrons. The minimum atomic E-state index is 0.00270. The minimum absolute atomic E-state index is 0.00270. The van der Waals surface area contributed by atoms with E-state index in [4.69, 9.17) is 0 Å². The number of aryl methyl sites for hydroxylation is 2. The maximum atomic E-state index is 4.27. The molecule has 3 rings (SSSR count). The van der Waals surface area contributed by atoms with Gasteiger partial charge in [0, 0.05) is 17.8 Å². The quantitative estimate of drug-likeness (QED) is 0.789. The molecule has 1 unspecified atom stereocenters. The first kappa shape index (κ1) is 12.5. The van der Waals surface area contributed by atoms with Crippen molar-refractivity contribution in [1.29, 1.82) is 0 Å². The summed E-state index contributed by atoms with van der Waals surface area (Å²) in [6, 6.07) is 8.11. The maximum absolute atomic E-state index is 4.27. The highest BCUT2D eigenvalue weighted by Crippen LogP contribution is 2.25. The van der Waals surface area contributed by atoms with Crippen molar-refractivity contribution in [3.63, 3.8) is 0 Å². The zero-order valence-corrected chi connectivity index (χ0v) is 11.7. The standard InChI is InChI=1S/C14H16N6/c1-9-11-6-4-5-7-12(11)13(18-17-9)16-10(2)14-19-15-8-20(14)3/h4-8,10H,1-3H3,(H,16,18). The highest BCUT2D eigenvalue weighted by molar-refractivity contribution is 5.92. The zero-order chi connectivity index (χ0) is 14.1. The highest BCUT2D eigenvalue weighted by Gasteiger charge is 2.14. The van der Waals surface area contributed by atoms with Crippen molar-refractivity contribution < 1.29 is 0 Å². The molecule has 1 aromatic carbocycles. The number of fused-ring (bicyclic) bond motifs is 1. The molecule has 0 spiro atoms. The molecule has 0 amide bonds. The average molecular weight is 268 g/mol. The van der Waals surface area contributed by atoms with Gasteiger partial charge in [-0.05, 0) is 13.8 Å². The lowest BCUT2D eigenvalue weighted by molar-refractivity contribution is 0.715. The predicted molar refractivity (Wildman–Crippen MR) is 77.3 cm³/mol. The maximum Gasteiger partial charge on any atom is 0.157 e. The van der Waals surface area contributed by atoms with Gasteiger partial charge in [-0.15, -0.1) is 15.3 Å². The Bertz CT molecular complexity index is 748. The summed E-state index contributed by atoms with van der Waals surface area (Å²) >= 11 is 0. The highest BCUT2D eigenvalue weighted by atomic mass is 15.3. The first-order valence-electron chi connectivity index (χ1n) is 6.49. The summed E-state index contributed by atoms with van der Waals surface area (Å²) in [5.41, 5.74) is 0.928. The van der Waals surface area contributed by atoms with Crippen LogP contribution < -0.4 is 5.32 Å². The molecule has 0 bridgehead atoms. The Kier molecular flexibility index (Phi) is 3.06. The second-order valence-corrected chi connectivity index (χ2v) is 4.85. The van der Waals surface area contributed by atoms with E-state index in [-0.39, 0.29) is 6.04 Å². The Hall–Kier alpha value is -2.50. The number of hydrogen-bond acceptors (Lipinski definition) is 5. The molecule has 0 aliphatic rings. The van der Waals surface area contributed by atoms with Gasteiger partial charge in [0.15, 0.2) is 11.6 Å². The topological polar surface area (TPSA) is 68.5 Å². The number of nitrogens with one attached hydrogen (secondary N) is 1. The van der Waals surface area contributed by atoms with Gasteiger partial charge in [-0.1, -0.05) is 24.3 Å². The number of rotatable bonds is 3. The lowest BCUT2D eigenvalue weighted by Crippen LogP contribution is -2.13. The van der Waals surface area contributed by atoms with Crippen molar-refractivity contribution in [1.82, 2.24) is 25.0 Å². The predicted octanol–water partition coefficient (Wildman–Crippen LogP) is 2.24. The SMILES string of the molecule is Cc1nnc(NC(C)c2nncn2C)c2ccccc12. The Morgan fingerprint density at radius 1 is 1.10 bits per heavy atom. The number of nitrogens with zero attached hydrogens (tertiary/aromatic N) is 5. The van der Waals surface area contributed by atoms with Crippen molar-refractivity contribution in [2.75, 3.05) is 5.32 Å². The van der Waals surface area contributed by atoms with Gasteiger partial charge in [-0.25, -0.2) is 0 Å². The van der Waals surface area contributed by atoms with Crippen LogP contribution >= 0.6 is 0 Å². The molecule has 0 saturated heterocycles. The molecule has 0 saturated carbocycles. The van der Waals surface area contributed by atoms with Gasteiger partial charge in [0.2, 0.25) is 0 Å². The van der Waals surface area contributed by atoms with Crippen LogP contribution in [0.25, 0.3) is 10.8 Å². The van der Waals surface area contributed by atoms with Crippen LogP contribution in [0.15, 0.2) is 30.6 Å². The van der Waals surface area contributed by atoms with E-state index < -0.39 is 0 Å². The van der Waals surface area contributed by atoms with Gasteiger partial charge >= 0.3 is 0 Å². The van der Waals surface area contributed by atoms with Gasteiger partial charge in [0.1, 0.15) is 6.33 Å². The van der Waals surface area contributed by atoms with E-state index in [9.17, 15) is 0 Å². The van der Waals surface area contributed by atoms with Gasteiger partial charge in [0.05, 0.1) is 11.7 Å². The summed E-state index contributed by atoms with van der Waals surface area (Å²) in [4.78, 5) is 0. The minimum Gasteiger partial charge on any atom is -0.358 e. The Labute approximate surface area is 116 Å². The average Bonchev–Trinajstić information content (AvgIpc) is 2.88. The molecular weight excluding hydrogens is 252 g/mol. The normalized spacial score (nSPS) is 12.6. The molecule has 1 atom stereocenters. The number of hydrogen-bond donors (Lipinski definition) is 1. The molecule has 0 aliphatic heterocycles. The summed E-state index contributed by atoms with van der Waals surface area (Å²) in [5, 5.41) is 22.0. The van der Waals surface area contributed by atoms with Crippen LogP contribution in [0.1, 0.15) is 24.5 Å².